The number of hydrogen-bond donors (Lipinski definition) is 1. The number of cyclic esters (lactones) is 1. The topological polar surface area (TPSA) is 49.8 Å². The van der Waals surface area contributed by atoms with Gasteiger partial charge in [-0.3, -0.25) is 4.79 Å². The first-order chi connectivity index (χ1) is 10.2. The molecule has 2 heterocycles. The molecule has 2 fully saturated rings. The van der Waals surface area contributed by atoms with Crippen LogP contribution in [0.15, 0.2) is 18.2 Å². The molecule has 0 bridgehead atoms. The highest BCUT2D eigenvalue weighted by Gasteiger charge is 2.35. The summed E-state index contributed by atoms with van der Waals surface area (Å²) in [6.07, 6.45) is -0.0570. The minimum absolute atomic E-state index is 0.186. The van der Waals surface area contributed by atoms with Crippen molar-refractivity contribution >= 4 is 23.4 Å². The van der Waals surface area contributed by atoms with E-state index in [1.54, 1.807) is 12.1 Å². The lowest BCUT2D eigenvalue weighted by atomic mass is 9.95. The fourth-order valence-corrected chi connectivity index (χ4v) is 3.74. The highest BCUT2D eigenvalue weighted by molar-refractivity contribution is 7.99. The van der Waals surface area contributed by atoms with Gasteiger partial charge in [-0.25, -0.2) is 4.39 Å². The molecule has 0 amide bonds. The quantitative estimate of drug-likeness (QED) is 0.862. The first kappa shape index (κ1) is 14.7. The zero-order chi connectivity index (χ0) is 14.8. The summed E-state index contributed by atoms with van der Waals surface area (Å²) in [5.74, 6) is 0.876. The Morgan fingerprint density at radius 3 is 2.76 bits per heavy atom. The van der Waals surface area contributed by atoms with Crippen LogP contribution in [0.4, 0.5) is 10.1 Å². The summed E-state index contributed by atoms with van der Waals surface area (Å²) < 4.78 is 19.4. The third-order valence-corrected chi connectivity index (χ3v) is 4.94. The van der Waals surface area contributed by atoms with Gasteiger partial charge in [0.05, 0.1) is 18.2 Å². The lowest BCUT2D eigenvalue weighted by Crippen LogP contribution is -2.33. The molecule has 1 aromatic carbocycles. The molecule has 21 heavy (non-hydrogen) atoms. The summed E-state index contributed by atoms with van der Waals surface area (Å²) in [7, 11) is 0. The van der Waals surface area contributed by atoms with Crippen molar-refractivity contribution in [2.75, 3.05) is 36.1 Å². The second-order valence-electron chi connectivity index (χ2n) is 5.34. The fraction of sp³-hybridized carbons (Fsp3) is 0.533. The SMILES string of the molecule is O=C1OC(CO)C[C@@H]1c1ccc(N2CCSCC2)c(F)c1. The number of anilines is 1. The van der Waals surface area contributed by atoms with Crippen molar-refractivity contribution in [1.29, 1.82) is 0 Å². The number of esters is 1. The molecule has 0 saturated carbocycles. The maximum Gasteiger partial charge on any atom is 0.313 e. The first-order valence-corrected chi connectivity index (χ1v) is 8.28. The van der Waals surface area contributed by atoms with Crippen molar-refractivity contribution in [2.24, 2.45) is 0 Å². The summed E-state index contributed by atoms with van der Waals surface area (Å²) in [6.45, 7) is 1.51. The predicted octanol–water partition coefficient (Wildman–Crippen LogP) is 1.77. The highest BCUT2D eigenvalue weighted by Crippen LogP contribution is 2.33. The van der Waals surface area contributed by atoms with E-state index in [-0.39, 0.29) is 18.4 Å². The predicted molar refractivity (Wildman–Crippen MR) is 80.3 cm³/mol. The van der Waals surface area contributed by atoms with Crippen LogP contribution in [0.2, 0.25) is 0 Å². The van der Waals surface area contributed by atoms with Crippen LogP contribution in [0.25, 0.3) is 0 Å². The maximum atomic E-state index is 14.3. The number of ether oxygens (including phenoxy) is 1. The molecule has 6 heteroatoms. The molecule has 3 rings (SSSR count). The molecule has 1 aromatic rings. The molecule has 2 aliphatic rings. The number of benzene rings is 1. The smallest absolute Gasteiger partial charge is 0.313 e. The second kappa shape index (κ2) is 6.23. The Morgan fingerprint density at radius 2 is 2.14 bits per heavy atom. The van der Waals surface area contributed by atoms with E-state index in [9.17, 15) is 9.18 Å². The lowest BCUT2D eigenvalue weighted by Gasteiger charge is -2.29. The zero-order valence-electron chi connectivity index (χ0n) is 11.6. The molecular formula is C15H18FNO3S. The third kappa shape index (κ3) is 3.01. The van der Waals surface area contributed by atoms with E-state index >= 15 is 0 Å². The molecule has 0 aromatic heterocycles. The number of carbonyl (C=O) groups excluding carboxylic acids is 1. The molecule has 1 unspecified atom stereocenters. The van der Waals surface area contributed by atoms with E-state index in [4.69, 9.17) is 9.84 Å². The Morgan fingerprint density at radius 1 is 1.38 bits per heavy atom. The largest absolute Gasteiger partial charge is 0.459 e. The Kier molecular flexibility index (Phi) is 4.35. The monoisotopic (exact) mass is 311 g/mol. The Labute approximate surface area is 127 Å². The molecular weight excluding hydrogens is 293 g/mol. The van der Waals surface area contributed by atoms with Crippen molar-refractivity contribution in [3.05, 3.63) is 29.6 Å². The summed E-state index contributed by atoms with van der Waals surface area (Å²) in [5, 5.41) is 9.06. The van der Waals surface area contributed by atoms with Crippen LogP contribution in [0.3, 0.4) is 0 Å². The van der Waals surface area contributed by atoms with Crippen LogP contribution in [-0.2, 0) is 9.53 Å². The van der Waals surface area contributed by atoms with Gasteiger partial charge in [0.1, 0.15) is 11.9 Å². The molecule has 2 aliphatic heterocycles. The van der Waals surface area contributed by atoms with Gasteiger partial charge in [-0.1, -0.05) is 6.07 Å². The van der Waals surface area contributed by atoms with Crippen molar-refractivity contribution in [1.82, 2.24) is 0 Å². The highest BCUT2D eigenvalue weighted by atomic mass is 32.2. The number of aliphatic hydroxyl groups is 1. The van der Waals surface area contributed by atoms with Gasteiger partial charge in [-0.2, -0.15) is 11.8 Å². The average molecular weight is 311 g/mol. The third-order valence-electron chi connectivity index (χ3n) is 4.00. The molecule has 2 atom stereocenters. The molecule has 114 valence electrons. The van der Waals surface area contributed by atoms with Gasteiger partial charge < -0.3 is 14.7 Å². The first-order valence-electron chi connectivity index (χ1n) is 7.12. The van der Waals surface area contributed by atoms with Gasteiger partial charge in [-0.05, 0) is 17.7 Å². The molecule has 4 nitrogen and oxygen atoms in total. The van der Waals surface area contributed by atoms with E-state index in [1.165, 1.54) is 6.07 Å². The minimum atomic E-state index is -0.470. The summed E-state index contributed by atoms with van der Waals surface area (Å²) >= 11 is 1.88. The van der Waals surface area contributed by atoms with Crippen molar-refractivity contribution in [2.45, 2.75) is 18.4 Å². The van der Waals surface area contributed by atoms with E-state index in [2.05, 4.69) is 0 Å². The van der Waals surface area contributed by atoms with Gasteiger partial charge in [0.25, 0.3) is 0 Å². The van der Waals surface area contributed by atoms with Gasteiger partial charge in [-0.15, -0.1) is 0 Å². The van der Waals surface area contributed by atoms with Gasteiger partial charge in [0.2, 0.25) is 0 Å². The number of carbonyl (C=O) groups is 1. The van der Waals surface area contributed by atoms with Crippen molar-refractivity contribution in [3.63, 3.8) is 0 Å². The minimum Gasteiger partial charge on any atom is -0.459 e. The summed E-state index contributed by atoms with van der Waals surface area (Å²) in [6, 6.07) is 4.98. The number of thioether (sulfide) groups is 1. The van der Waals surface area contributed by atoms with E-state index in [0.29, 0.717) is 17.7 Å². The number of nitrogens with zero attached hydrogens (tertiary/aromatic N) is 1. The average Bonchev–Trinajstić information content (AvgIpc) is 2.89. The van der Waals surface area contributed by atoms with E-state index in [0.717, 1.165) is 24.6 Å². The Bertz CT molecular complexity index is 534. The number of rotatable bonds is 3. The van der Waals surface area contributed by atoms with Crippen LogP contribution in [0, 0.1) is 5.82 Å². The molecule has 0 aliphatic carbocycles. The molecule has 0 spiro atoms. The van der Waals surface area contributed by atoms with E-state index in [1.807, 2.05) is 16.7 Å². The van der Waals surface area contributed by atoms with Crippen LogP contribution in [-0.4, -0.2) is 48.4 Å². The molecule has 2 saturated heterocycles. The van der Waals surface area contributed by atoms with Crippen LogP contribution >= 0.6 is 11.8 Å². The summed E-state index contributed by atoms with van der Waals surface area (Å²) in [5.41, 5.74) is 1.23. The van der Waals surface area contributed by atoms with E-state index < -0.39 is 12.0 Å². The van der Waals surface area contributed by atoms with Crippen LogP contribution in [0.5, 0.6) is 0 Å². The lowest BCUT2D eigenvalue weighted by molar-refractivity contribution is -0.143. The standard InChI is InChI=1S/C15H18FNO3S/c16-13-7-10(12-8-11(9-18)20-15(12)19)1-2-14(13)17-3-5-21-6-4-17/h1-2,7,11-12,18H,3-6,8-9H2/t11?,12-/m1/s1. The van der Waals surface area contributed by atoms with Gasteiger partial charge in [0.15, 0.2) is 0 Å². The number of aliphatic hydroxyl groups excluding tert-OH is 1. The Balaban J connectivity index is 1.79. The van der Waals surface area contributed by atoms with Crippen molar-refractivity contribution < 1.29 is 19.0 Å². The fourth-order valence-electron chi connectivity index (χ4n) is 2.84. The molecule has 0 radical (unpaired) electrons. The Hall–Kier alpha value is -1.27. The van der Waals surface area contributed by atoms with Crippen LogP contribution < -0.4 is 4.90 Å². The zero-order valence-corrected chi connectivity index (χ0v) is 12.4. The van der Waals surface area contributed by atoms with Gasteiger partial charge in [0, 0.05) is 31.0 Å². The van der Waals surface area contributed by atoms with Gasteiger partial charge >= 0.3 is 5.97 Å². The summed E-state index contributed by atoms with van der Waals surface area (Å²) in [4.78, 5) is 13.8. The molecule has 1 N–H and O–H groups in total. The number of halogens is 1. The second-order valence-corrected chi connectivity index (χ2v) is 6.56. The maximum absolute atomic E-state index is 14.3. The van der Waals surface area contributed by atoms with Crippen molar-refractivity contribution in [3.8, 4) is 0 Å². The number of hydrogen-bond acceptors (Lipinski definition) is 5. The van der Waals surface area contributed by atoms with Crippen LogP contribution in [0.1, 0.15) is 17.9 Å². The normalized spacial score (nSPS) is 26.0.